The van der Waals surface area contributed by atoms with Crippen LogP contribution in [0.4, 0.5) is 4.39 Å². The summed E-state index contributed by atoms with van der Waals surface area (Å²) in [5, 5.41) is 14.7. The van der Waals surface area contributed by atoms with Crippen LogP contribution in [0.1, 0.15) is 23.9 Å². The Bertz CT molecular complexity index is 699. The number of aromatic nitrogens is 2. The zero-order valence-corrected chi connectivity index (χ0v) is 14.4. The number of nitrogens with zero attached hydrogens (tertiary/aromatic N) is 3. The van der Waals surface area contributed by atoms with Gasteiger partial charge in [-0.25, -0.2) is 9.07 Å². The quantitative estimate of drug-likeness (QED) is 0.911. The molecule has 2 heterocycles. The zero-order valence-electron chi connectivity index (χ0n) is 14.4. The number of aliphatic hydroxyl groups is 1. The third-order valence-electron chi connectivity index (χ3n) is 4.77. The van der Waals surface area contributed by atoms with Crippen LogP contribution in [0, 0.1) is 19.7 Å². The molecule has 130 valence electrons. The lowest BCUT2D eigenvalue weighted by molar-refractivity contribution is 0.0806. The summed E-state index contributed by atoms with van der Waals surface area (Å²) >= 11 is 0. The number of aryl methyl sites for hydroxylation is 1. The average Bonchev–Trinajstić information content (AvgIpc) is 3.11. The predicted octanol–water partition coefficient (Wildman–Crippen LogP) is 2.21. The van der Waals surface area contributed by atoms with Crippen LogP contribution in [0.3, 0.4) is 0 Å². The summed E-state index contributed by atoms with van der Waals surface area (Å²) in [4.78, 5) is 2.23. The molecule has 3 rings (SSSR count). The van der Waals surface area contributed by atoms with Gasteiger partial charge in [0, 0.05) is 17.8 Å². The molecule has 1 fully saturated rings. The van der Waals surface area contributed by atoms with Crippen molar-refractivity contribution in [1.82, 2.24) is 14.7 Å². The van der Waals surface area contributed by atoms with Gasteiger partial charge in [-0.1, -0.05) is 6.92 Å². The molecule has 1 N–H and O–H groups in total. The van der Waals surface area contributed by atoms with Gasteiger partial charge in [0.25, 0.3) is 0 Å². The van der Waals surface area contributed by atoms with E-state index < -0.39 is 6.10 Å². The summed E-state index contributed by atoms with van der Waals surface area (Å²) in [6.45, 7) is 8.57. The lowest BCUT2D eigenvalue weighted by Crippen LogP contribution is -2.42. The van der Waals surface area contributed by atoms with Gasteiger partial charge in [-0.3, -0.25) is 4.90 Å². The van der Waals surface area contributed by atoms with E-state index in [0.29, 0.717) is 19.8 Å². The van der Waals surface area contributed by atoms with Gasteiger partial charge >= 0.3 is 0 Å². The van der Waals surface area contributed by atoms with Crippen molar-refractivity contribution >= 4 is 0 Å². The van der Waals surface area contributed by atoms with Gasteiger partial charge in [-0.15, -0.1) is 0 Å². The molecule has 2 aromatic rings. The number of aliphatic hydroxyl groups excluding tert-OH is 1. The van der Waals surface area contributed by atoms with Gasteiger partial charge in [0.2, 0.25) is 0 Å². The van der Waals surface area contributed by atoms with Crippen molar-refractivity contribution in [3.05, 3.63) is 47.0 Å². The number of halogens is 1. The maximum absolute atomic E-state index is 13.1. The van der Waals surface area contributed by atoms with Crippen LogP contribution in [0.15, 0.2) is 24.3 Å². The second kappa shape index (κ2) is 7.01. The van der Waals surface area contributed by atoms with Gasteiger partial charge in [-0.2, -0.15) is 5.10 Å². The van der Waals surface area contributed by atoms with Crippen LogP contribution in [-0.2, 0) is 11.3 Å². The van der Waals surface area contributed by atoms with E-state index in [4.69, 9.17) is 4.74 Å². The van der Waals surface area contributed by atoms with Crippen molar-refractivity contribution in [1.29, 1.82) is 0 Å². The van der Waals surface area contributed by atoms with E-state index in [0.717, 1.165) is 29.2 Å². The molecule has 0 spiro atoms. The second-order valence-corrected chi connectivity index (χ2v) is 6.27. The molecule has 1 saturated heterocycles. The summed E-state index contributed by atoms with van der Waals surface area (Å²) in [6, 6.07) is 6.35. The van der Waals surface area contributed by atoms with Crippen molar-refractivity contribution in [2.75, 3.05) is 19.8 Å². The van der Waals surface area contributed by atoms with Crippen LogP contribution in [0.5, 0.6) is 0 Å². The molecular weight excluding hydrogens is 309 g/mol. The largest absolute Gasteiger partial charge is 0.389 e. The lowest BCUT2D eigenvalue weighted by atomic mass is 10.1. The van der Waals surface area contributed by atoms with Crippen LogP contribution >= 0.6 is 0 Å². The highest BCUT2D eigenvalue weighted by atomic mass is 19.1. The topological polar surface area (TPSA) is 50.5 Å². The molecule has 2 atom stereocenters. The maximum Gasteiger partial charge on any atom is 0.123 e. The van der Waals surface area contributed by atoms with Crippen LogP contribution in [0.2, 0.25) is 0 Å². The number of rotatable bonds is 5. The number of ether oxygens (including phenoxy) is 1. The van der Waals surface area contributed by atoms with Crippen LogP contribution < -0.4 is 0 Å². The first kappa shape index (κ1) is 17.1. The van der Waals surface area contributed by atoms with Gasteiger partial charge in [-0.05, 0) is 44.7 Å². The fraction of sp³-hybridized carbons (Fsp3) is 0.500. The molecule has 5 nitrogen and oxygen atoms in total. The van der Waals surface area contributed by atoms with Crippen LogP contribution in [-0.4, -0.2) is 51.7 Å². The summed E-state index contributed by atoms with van der Waals surface area (Å²) in [5.41, 5.74) is 3.96. The molecule has 6 heteroatoms. The van der Waals surface area contributed by atoms with Crippen molar-refractivity contribution in [2.45, 2.75) is 39.5 Å². The Balaban J connectivity index is 1.87. The highest BCUT2D eigenvalue weighted by Crippen LogP contribution is 2.22. The van der Waals surface area contributed by atoms with E-state index in [1.165, 1.54) is 12.1 Å². The average molecular weight is 333 g/mol. The number of benzene rings is 1. The first-order valence-corrected chi connectivity index (χ1v) is 8.32. The summed E-state index contributed by atoms with van der Waals surface area (Å²) in [5.74, 6) is -0.257. The van der Waals surface area contributed by atoms with Crippen molar-refractivity contribution < 1.29 is 14.2 Å². The minimum atomic E-state index is -0.447. The third kappa shape index (κ3) is 3.22. The Hall–Kier alpha value is -1.76. The molecule has 0 radical (unpaired) electrons. The SMILES string of the molecule is CCN(Cc1c(C)nn(-c2ccc(F)cc2)c1C)[C@@H]1COC[C@H]1O. The summed E-state index contributed by atoms with van der Waals surface area (Å²) in [6.07, 6.45) is -0.447. The van der Waals surface area contributed by atoms with Crippen molar-refractivity contribution in [3.8, 4) is 5.69 Å². The van der Waals surface area contributed by atoms with E-state index in [1.807, 2.05) is 18.5 Å². The molecule has 1 aliphatic rings. The first-order valence-electron chi connectivity index (χ1n) is 8.32. The number of hydrogen-bond donors (Lipinski definition) is 1. The van der Waals surface area contributed by atoms with E-state index in [-0.39, 0.29) is 11.9 Å². The molecule has 1 aliphatic heterocycles. The highest BCUT2D eigenvalue weighted by Gasteiger charge is 2.31. The lowest BCUT2D eigenvalue weighted by Gasteiger charge is -2.28. The standard InChI is InChI=1S/C18H24FN3O2/c1-4-21(17-10-24-11-18(17)23)9-16-12(2)20-22(13(16)3)15-7-5-14(19)6-8-15/h5-8,17-18,23H,4,9-11H2,1-3H3/t17-,18-/m1/s1. The van der Waals surface area contributed by atoms with Crippen molar-refractivity contribution in [2.24, 2.45) is 0 Å². The number of hydrogen-bond acceptors (Lipinski definition) is 4. The fourth-order valence-corrected chi connectivity index (χ4v) is 3.28. The molecule has 0 bridgehead atoms. The van der Waals surface area contributed by atoms with Gasteiger partial charge in [0.15, 0.2) is 0 Å². The molecule has 0 unspecified atom stereocenters. The van der Waals surface area contributed by atoms with E-state index >= 15 is 0 Å². The summed E-state index contributed by atoms with van der Waals surface area (Å²) < 4.78 is 20.4. The Kier molecular flexibility index (Phi) is 4.99. The molecule has 0 aliphatic carbocycles. The Labute approximate surface area is 141 Å². The molecular formula is C18H24FN3O2. The zero-order chi connectivity index (χ0) is 17.3. The minimum absolute atomic E-state index is 0.0166. The molecule has 0 saturated carbocycles. The van der Waals surface area contributed by atoms with Crippen molar-refractivity contribution in [3.63, 3.8) is 0 Å². The summed E-state index contributed by atoms with van der Waals surface area (Å²) in [7, 11) is 0. The fourth-order valence-electron chi connectivity index (χ4n) is 3.28. The Morgan fingerprint density at radius 1 is 1.29 bits per heavy atom. The minimum Gasteiger partial charge on any atom is -0.389 e. The second-order valence-electron chi connectivity index (χ2n) is 6.27. The van der Waals surface area contributed by atoms with Gasteiger partial charge < -0.3 is 9.84 Å². The normalized spacial score (nSPS) is 20.9. The monoisotopic (exact) mass is 333 g/mol. The van der Waals surface area contributed by atoms with E-state index in [2.05, 4.69) is 16.9 Å². The predicted molar refractivity (Wildman–Crippen MR) is 89.7 cm³/mol. The smallest absolute Gasteiger partial charge is 0.123 e. The van der Waals surface area contributed by atoms with Gasteiger partial charge in [0.1, 0.15) is 5.82 Å². The Morgan fingerprint density at radius 3 is 2.58 bits per heavy atom. The number of likely N-dealkylation sites (N-methyl/N-ethyl adjacent to an activating group) is 1. The van der Waals surface area contributed by atoms with E-state index in [1.54, 1.807) is 12.1 Å². The first-order chi connectivity index (χ1) is 11.5. The third-order valence-corrected chi connectivity index (χ3v) is 4.77. The molecule has 0 amide bonds. The molecule has 1 aromatic carbocycles. The van der Waals surface area contributed by atoms with Crippen LogP contribution in [0.25, 0.3) is 5.69 Å². The Morgan fingerprint density at radius 2 is 2.00 bits per heavy atom. The maximum atomic E-state index is 13.1. The van der Waals surface area contributed by atoms with E-state index in [9.17, 15) is 9.50 Å². The highest BCUT2D eigenvalue weighted by molar-refractivity contribution is 5.37. The molecule has 24 heavy (non-hydrogen) atoms. The van der Waals surface area contributed by atoms with Gasteiger partial charge in [0.05, 0.1) is 36.7 Å². The molecule has 1 aromatic heterocycles.